The molecule has 1 aromatic carbocycles. The lowest BCUT2D eigenvalue weighted by atomic mass is 10.2. The second kappa shape index (κ2) is 8.55. The van der Waals surface area contributed by atoms with E-state index in [9.17, 15) is 22.8 Å². The zero-order valence-corrected chi connectivity index (χ0v) is 15.0. The molecule has 7 nitrogen and oxygen atoms in total. The molecule has 29 heavy (non-hydrogen) atoms. The molecule has 0 bridgehead atoms. The molecule has 0 unspecified atom stereocenters. The molecule has 0 atom stereocenters. The van der Waals surface area contributed by atoms with E-state index < -0.39 is 17.8 Å². The first-order chi connectivity index (χ1) is 13.8. The van der Waals surface area contributed by atoms with E-state index in [-0.39, 0.29) is 24.3 Å². The van der Waals surface area contributed by atoms with Gasteiger partial charge in [0.25, 0.3) is 5.56 Å². The first-order valence-corrected chi connectivity index (χ1v) is 8.53. The van der Waals surface area contributed by atoms with Crippen molar-refractivity contribution in [2.24, 2.45) is 0 Å². The number of alkyl halides is 3. The highest BCUT2D eigenvalue weighted by Crippen LogP contribution is 2.30. The lowest BCUT2D eigenvalue weighted by molar-refractivity contribution is -0.137. The average molecular weight is 403 g/mol. The van der Waals surface area contributed by atoms with Crippen LogP contribution in [0.1, 0.15) is 5.56 Å². The number of halogens is 3. The monoisotopic (exact) mass is 403 g/mol. The van der Waals surface area contributed by atoms with Gasteiger partial charge in [0.2, 0.25) is 0 Å². The zero-order chi connectivity index (χ0) is 20.9. The Balaban J connectivity index is 1.59. The van der Waals surface area contributed by atoms with Crippen LogP contribution in [-0.2, 0) is 12.7 Å². The fourth-order valence-electron chi connectivity index (χ4n) is 2.50. The van der Waals surface area contributed by atoms with Crippen LogP contribution in [0.2, 0.25) is 0 Å². The third-order valence-corrected chi connectivity index (χ3v) is 3.88. The van der Waals surface area contributed by atoms with Gasteiger partial charge in [0, 0.05) is 36.3 Å². The maximum Gasteiger partial charge on any atom is 0.416 e. The van der Waals surface area contributed by atoms with Crippen LogP contribution in [0.25, 0.3) is 11.3 Å². The van der Waals surface area contributed by atoms with Crippen molar-refractivity contribution in [3.05, 3.63) is 76.8 Å². The van der Waals surface area contributed by atoms with Crippen LogP contribution in [0, 0.1) is 0 Å². The smallest absolute Gasteiger partial charge is 0.336 e. The third kappa shape index (κ3) is 5.41. The number of carbonyl (C=O) groups excluding carboxylic acids is 1. The van der Waals surface area contributed by atoms with E-state index in [4.69, 9.17) is 0 Å². The number of benzene rings is 1. The molecule has 2 heterocycles. The molecule has 0 spiro atoms. The minimum absolute atomic E-state index is 0.00573. The molecule has 0 aliphatic carbocycles. The summed E-state index contributed by atoms with van der Waals surface area (Å²) in [6.07, 6.45) is -1.27. The van der Waals surface area contributed by atoms with Crippen LogP contribution < -0.4 is 16.2 Å². The molecule has 150 valence electrons. The Bertz CT molecular complexity index is 1050. The highest BCUT2D eigenvalue weighted by Gasteiger charge is 2.30. The summed E-state index contributed by atoms with van der Waals surface area (Å²) in [6.45, 7) is 0.136. The van der Waals surface area contributed by atoms with Crippen molar-refractivity contribution in [2.45, 2.75) is 12.7 Å². The number of hydrogen-bond donors (Lipinski definition) is 2. The van der Waals surface area contributed by atoms with E-state index in [1.807, 2.05) is 0 Å². The first-order valence-electron chi connectivity index (χ1n) is 8.53. The Hall–Kier alpha value is -3.69. The number of amides is 2. The molecular formula is C19H16F3N5O2. The second-order valence-corrected chi connectivity index (χ2v) is 5.98. The van der Waals surface area contributed by atoms with Crippen LogP contribution in [0.15, 0.2) is 65.7 Å². The van der Waals surface area contributed by atoms with Crippen molar-refractivity contribution in [2.75, 3.05) is 11.9 Å². The minimum atomic E-state index is -4.50. The highest BCUT2D eigenvalue weighted by atomic mass is 19.4. The lowest BCUT2D eigenvalue weighted by Crippen LogP contribution is -2.34. The predicted octanol–water partition coefficient (Wildman–Crippen LogP) is 3.15. The van der Waals surface area contributed by atoms with E-state index in [1.54, 1.807) is 30.6 Å². The molecule has 0 saturated carbocycles. The van der Waals surface area contributed by atoms with Gasteiger partial charge in [-0.1, -0.05) is 6.07 Å². The Labute approximate surface area is 163 Å². The molecule has 3 aromatic rings. The van der Waals surface area contributed by atoms with Crippen LogP contribution in [-0.4, -0.2) is 27.3 Å². The van der Waals surface area contributed by atoms with Gasteiger partial charge in [-0.3, -0.25) is 9.78 Å². The van der Waals surface area contributed by atoms with Gasteiger partial charge in [-0.25, -0.2) is 9.48 Å². The van der Waals surface area contributed by atoms with Crippen molar-refractivity contribution < 1.29 is 18.0 Å². The van der Waals surface area contributed by atoms with E-state index in [2.05, 4.69) is 20.7 Å². The van der Waals surface area contributed by atoms with Crippen molar-refractivity contribution in [1.29, 1.82) is 0 Å². The molecule has 10 heteroatoms. The van der Waals surface area contributed by atoms with Gasteiger partial charge in [-0.2, -0.15) is 18.3 Å². The summed E-state index contributed by atoms with van der Waals surface area (Å²) >= 11 is 0. The van der Waals surface area contributed by atoms with Crippen molar-refractivity contribution in [3.63, 3.8) is 0 Å². The molecule has 3 rings (SSSR count). The van der Waals surface area contributed by atoms with Gasteiger partial charge in [-0.15, -0.1) is 0 Å². The fraction of sp³-hybridized carbons (Fsp3) is 0.158. The van der Waals surface area contributed by atoms with Crippen molar-refractivity contribution >= 4 is 11.7 Å². The van der Waals surface area contributed by atoms with Gasteiger partial charge in [0.05, 0.1) is 17.8 Å². The predicted molar refractivity (Wildman–Crippen MR) is 100 cm³/mol. The van der Waals surface area contributed by atoms with Crippen LogP contribution >= 0.6 is 0 Å². The second-order valence-electron chi connectivity index (χ2n) is 5.98. The number of carbonyl (C=O) groups is 1. The standard InChI is InChI=1S/C19H16F3N5O2/c20-19(21,22)14-4-1-5-15(11-14)25-18(29)24-9-10-27-17(28)7-6-16(26-27)13-3-2-8-23-12-13/h1-8,11-12H,9-10H2,(H2,24,25,29). The molecule has 2 N–H and O–H groups in total. The summed E-state index contributed by atoms with van der Waals surface area (Å²) in [5.41, 5.74) is 0.0739. The number of nitrogens with one attached hydrogen (secondary N) is 2. The number of anilines is 1. The van der Waals surface area contributed by atoms with Gasteiger partial charge in [0.1, 0.15) is 0 Å². The normalized spacial score (nSPS) is 11.1. The Morgan fingerprint density at radius 2 is 1.93 bits per heavy atom. The number of pyridine rings is 1. The molecule has 0 radical (unpaired) electrons. The summed E-state index contributed by atoms with van der Waals surface area (Å²) in [5, 5.41) is 9.04. The number of aromatic nitrogens is 3. The largest absolute Gasteiger partial charge is 0.416 e. The summed E-state index contributed by atoms with van der Waals surface area (Å²) in [4.78, 5) is 27.9. The Morgan fingerprint density at radius 3 is 2.66 bits per heavy atom. The summed E-state index contributed by atoms with van der Waals surface area (Å²) in [6, 6.07) is 10.1. The number of urea groups is 1. The van der Waals surface area contributed by atoms with Gasteiger partial charge < -0.3 is 10.6 Å². The highest BCUT2D eigenvalue weighted by molar-refractivity contribution is 5.89. The first kappa shape index (κ1) is 20.1. The topological polar surface area (TPSA) is 88.9 Å². The summed E-state index contributed by atoms with van der Waals surface area (Å²) < 4.78 is 39.3. The van der Waals surface area contributed by atoms with Gasteiger partial charge >= 0.3 is 12.2 Å². The van der Waals surface area contributed by atoms with Gasteiger partial charge in [-0.05, 0) is 36.4 Å². The lowest BCUT2D eigenvalue weighted by Gasteiger charge is -2.11. The fourth-order valence-corrected chi connectivity index (χ4v) is 2.50. The molecular weight excluding hydrogens is 387 g/mol. The van der Waals surface area contributed by atoms with Crippen LogP contribution in [0.3, 0.4) is 0 Å². The van der Waals surface area contributed by atoms with Crippen LogP contribution in [0.4, 0.5) is 23.7 Å². The van der Waals surface area contributed by atoms with E-state index in [0.29, 0.717) is 5.69 Å². The van der Waals surface area contributed by atoms with E-state index in [1.165, 1.54) is 22.9 Å². The number of rotatable bonds is 5. The SMILES string of the molecule is O=C(NCCn1nc(-c2cccnc2)ccc1=O)Nc1cccc(C(F)(F)F)c1. The number of nitrogens with zero attached hydrogens (tertiary/aromatic N) is 3. The molecule has 0 aliphatic rings. The minimum Gasteiger partial charge on any atom is -0.336 e. The summed E-state index contributed by atoms with van der Waals surface area (Å²) in [7, 11) is 0. The Morgan fingerprint density at radius 1 is 1.10 bits per heavy atom. The zero-order valence-electron chi connectivity index (χ0n) is 15.0. The molecule has 2 aromatic heterocycles. The van der Waals surface area contributed by atoms with E-state index >= 15 is 0 Å². The number of hydrogen-bond acceptors (Lipinski definition) is 4. The summed E-state index contributed by atoms with van der Waals surface area (Å²) in [5.74, 6) is 0. The molecule has 0 aliphatic heterocycles. The quantitative estimate of drug-likeness (QED) is 0.685. The van der Waals surface area contributed by atoms with E-state index in [0.717, 1.165) is 17.7 Å². The maximum absolute atomic E-state index is 12.7. The molecule has 0 saturated heterocycles. The molecule has 2 amide bonds. The van der Waals surface area contributed by atoms with Crippen LogP contribution in [0.5, 0.6) is 0 Å². The Kier molecular flexibility index (Phi) is 5.91. The van der Waals surface area contributed by atoms with Crippen molar-refractivity contribution in [1.82, 2.24) is 20.1 Å². The third-order valence-electron chi connectivity index (χ3n) is 3.88. The maximum atomic E-state index is 12.7. The van der Waals surface area contributed by atoms with Crippen molar-refractivity contribution in [3.8, 4) is 11.3 Å². The average Bonchev–Trinajstić information content (AvgIpc) is 2.69. The van der Waals surface area contributed by atoms with Gasteiger partial charge in [0.15, 0.2) is 0 Å². The molecule has 0 fully saturated rings.